The van der Waals surface area contributed by atoms with Gasteiger partial charge in [0.1, 0.15) is 11.6 Å². The van der Waals surface area contributed by atoms with Crippen LogP contribution in [-0.4, -0.2) is 58.1 Å². The number of hydrogen-bond acceptors (Lipinski definition) is 4. The smallest absolute Gasteiger partial charge is 0.194 e. The summed E-state index contributed by atoms with van der Waals surface area (Å²) in [5.41, 5.74) is 2.49. The molecule has 2 aromatic heterocycles. The van der Waals surface area contributed by atoms with Gasteiger partial charge in [-0.3, -0.25) is 0 Å². The number of pyridine rings is 1. The molecule has 7 nitrogen and oxygen atoms in total. The number of piperazine rings is 1. The van der Waals surface area contributed by atoms with Crippen molar-refractivity contribution in [2.75, 3.05) is 37.6 Å². The Hall–Kier alpha value is -2.62. The van der Waals surface area contributed by atoms with E-state index in [1.807, 2.05) is 37.6 Å². The number of halogens is 1. The summed E-state index contributed by atoms with van der Waals surface area (Å²) in [5.74, 6) is 3.07. The highest BCUT2D eigenvalue weighted by atomic mass is 127. The first kappa shape index (κ1) is 24.0. The van der Waals surface area contributed by atoms with Gasteiger partial charge in [-0.1, -0.05) is 30.3 Å². The van der Waals surface area contributed by atoms with Crippen molar-refractivity contribution in [2.24, 2.45) is 4.99 Å². The van der Waals surface area contributed by atoms with Gasteiger partial charge in [-0.15, -0.1) is 24.0 Å². The molecule has 1 saturated heterocycles. The summed E-state index contributed by atoms with van der Waals surface area (Å²) in [6.45, 7) is 10.3. The molecule has 0 unspecified atom stereocenters. The van der Waals surface area contributed by atoms with Crippen LogP contribution >= 0.6 is 24.0 Å². The zero-order valence-electron chi connectivity index (χ0n) is 18.8. The highest BCUT2D eigenvalue weighted by Gasteiger charge is 2.20. The molecule has 0 spiro atoms. The molecule has 0 amide bonds. The van der Waals surface area contributed by atoms with Gasteiger partial charge in [-0.05, 0) is 37.1 Å². The van der Waals surface area contributed by atoms with Crippen molar-refractivity contribution >= 4 is 35.8 Å². The van der Waals surface area contributed by atoms with Gasteiger partial charge in [0, 0.05) is 57.9 Å². The maximum Gasteiger partial charge on any atom is 0.194 e. The third-order valence-electron chi connectivity index (χ3n) is 5.57. The van der Waals surface area contributed by atoms with Gasteiger partial charge in [0.15, 0.2) is 5.96 Å². The van der Waals surface area contributed by atoms with E-state index in [-0.39, 0.29) is 24.0 Å². The Morgan fingerprint density at radius 1 is 1.00 bits per heavy atom. The van der Waals surface area contributed by atoms with Crippen molar-refractivity contribution in [2.45, 2.75) is 26.9 Å². The number of aromatic nitrogens is 3. The first-order valence-corrected chi connectivity index (χ1v) is 11.0. The summed E-state index contributed by atoms with van der Waals surface area (Å²) >= 11 is 0. The Morgan fingerprint density at radius 3 is 2.50 bits per heavy atom. The molecular weight excluding hydrogens is 513 g/mol. The summed E-state index contributed by atoms with van der Waals surface area (Å²) in [7, 11) is 0. The maximum atomic E-state index is 4.94. The van der Waals surface area contributed by atoms with E-state index in [2.05, 4.69) is 66.9 Å². The Bertz CT molecular complexity index is 994. The molecule has 0 saturated carbocycles. The van der Waals surface area contributed by atoms with Crippen LogP contribution in [0.4, 0.5) is 5.82 Å². The number of nitrogens with zero attached hydrogens (tertiary/aromatic N) is 6. The normalized spacial score (nSPS) is 14.2. The third-order valence-corrected chi connectivity index (χ3v) is 5.57. The molecule has 0 aliphatic carbocycles. The SMILES string of the molecule is CCNC(=NCc1cccc(Cn2ccnc2C)c1)N1CCN(c2ccccn2)CC1.I. The fourth-order valence-corrected chi connectivity index (χ4v) is 3.87. The van der Waals surface area contributed by atoms with Crippen LogP contribution in [0.25, 0.3) is 0 Å². The average molecular weight is 545 g/mol. The zero-order valence-corrected chi connectivity index (χ0v) is 21.1. The summed E-state index contributed by atoms with van der Waals surface area (Å²) in [6.07, 6.45) is 5.73. The fourth-order valence-electron chi connectivity index (χ4n) is 3.87. The number of benzene rings is 1. The van der Waals surface area contributed by atoms with Crippen LogP contribution in [0.3, 0.4) is 0 Å². The number of hydrogen-bond donors (Lipinski definition) is 1. The fraction of sp³-hybridized carbons (Fsp3) is 0.375. The van der Waals surface area contributed by atoms with Gasteiger partial charge in [0.05, 0.1) is 6.54 Å². The van der Waals surface area contributed by atoms with E-state index in [4.69, 9.17) is 4.99 Å². The number of guanidine groups is 1. The van der Waals surface area contributed by atoms with Gasteiger partial charge in [0.25, 0.3) is 0 Å². The lowest BCUT2D eigenvalue weighted by atomic mass is 10.1. The number of rotatable bonds is 6. The number of anilines is 1. The molecule has 170 valence electrons. The quantitative estimate of drug-likeness (QED) is 0.292. The Kier molecular flexibility index (Phi) is 8.90. The molecule has 1 aliphatic heterocycles. The molecule has 0 bridgehead atoms. The van der Waals surface area contributed by atoms with E-state index in [0.717, 1.165) is 56.9 Å². The van der Waals surface area contributed by atoms with Crippen molar-refractivity contribution in [3.8, 4) is 0 Å². The van der Waals surface area contributed by atoms with Crippen LogP contribution < -0.4 is 10.2 Å². The highest BCUT2D eigenvalue weighted by molar-refractivity contribution is 14.0. The Balaban J connectivity index is 0.00000289. The molecule has 0 radical (unpaired) electrons. The minimum Gasteiger partial charge on any atom is -0.357 e. The van der Waals surface area contributed by atoms with E-state index in [9.17, 15) is 0 Å². The summed E-state index contributed by atoms with van der Waals surface area (Å²) in [5, 5.41) is 3.47. The van der Waals surface area contributed by atoms with Crippen LogP contribution in [-0.2, 0) is 13.1 Å². The lowest BCUT2D eigenvalue weighted by Gasteiger charge is -2.37. The van der Waals surface area contributed by atoms with Gasteiger partial charge in [0.2, 0.25) is 0 Å². The molecule has 1 fully saturated rings. The summed E-state index contributed by atoms with van der Waals surface area (Å²) in [4.78, 5) is 18.4. The van der Waals surface area contributed by atoms with E-state index >= 15 is 0 Å². The molecule has 1 aromatic carbocycles. The number of aryl methyl sites for hydroxylation is 1. The van der Waals surface area contributed by atoms with Crippen molar-refractivity contribution in [1.29, 1.82) is 0 Å². The monoisotopic (exact) mass is 545 g/mol. The zero-order chi connectivity index (χ0) is 21.5. The summed E-state index contributed by atoms with van der Waals surface area (Å²) in [6, 6.07) is 14.7. The lowest BCUT2D eigenvalue weighted by molar-refractivity contribution is 0.371. The average Bonchev–Trinajstić information content (AvgIpc) is 3.22. The second-order valence-corrected chi connectivity index (χ2v) is 7.75. The van der Waals surface area contributed by atoms with Gasteiger partial charge >= 0.3 is 0 Å². The second-order valence-electron chi connectivity index (χ2n) is 7.75. The minimum absolute atomic E-state index is 0. The lowest BCUT2D eigenvalue weighted by Crippen LogP contribution is -2.52. The number of imidazole rings is 1. The highest BCUT2D eigenvalue weighted by Crippen LogP contribution is 2.14. The molecule has 4 rings (SSSR count). The van der Waals surface area contributed by atoms with E-state index in [0.29, 0.717) is 6.54 Å². The van der Waals surface area contributed by atoms with Crippen LogP contribution in [0.1, 0.15) is 23.9 Å². The van der Waals surface area contributed by atoms with Crippen LogP contribution in [0.15, 0.2) is 66.0 Å². The van der Waals surface area contributed by atoms with E-state index in [1.54, 1.807) is 0 Å². The van der Waals surface area contributed by atoms with Gasteiger partial charge in [-0.25, -0.2) is 15.0 Å². The Morgan fingerprint density at radius 2 is 1.81 bits per heavy atom. The van der Waals surface area contributed by atoms with Crippen molar-refractivity contribution in [3.05, 3.63) is 78.0 Å². The molecule has 1 N–H and O–H groups in total. The Labute approximate surface area is 207 Å². The van der Waals surface area contributed by atoms with Crippen LogP contribution in [0, 0.1) is 6.92 Å². The molecule has 0 atom stereocenters. The van der Waals surface area contributed by atoms with Gasteiger partial charge in [-0.2, -0.15) is 0 Å². The molecule has 32 heavy (non-hydrogen) atoms. The second kappa shape index (κ2) is 11.8. The van der Waals surface area contributed by atoms with E-state index < -0.39 is 0 Å². The molecule has 1 aliphatic rings. The number of aliphatic imine (C=N–C) groups is 1. The van der Waals surface area contributed by atoms with Crippen LogP contribution in [0.5, 0.6) is 0 Å². The minimum atomic E-state index is 0. The van der Waals surface area contributed by atoms with Crippen molar-refractivity contribution in [3.63, 3.8) is 0 Å². The maximum absolute atomic E-state index is 4.94. The predicted molar refractivity (Wildman–Crippen MR) is 141 cm³/mol. The predicted octanol–water partition coefficient (Wildman–Crippen LogP) is 3.54. The largest absolute Gasteiger partial charge is 0.357 e. The van der Waals surface area contributed by atoms with Crippen molar-refractivity contribution < 1.29 is 0 Å². The third kappa shape index (κ3) is 6.21. The molecule has 8 heteroatoms. The summed E-state index contributed by atoms with van der Waals surface area (Å²) < 4.78 is 2.16. The standard InChI is InChI=1S/C24H31N7.HI/c1-3-25-24(30-15-13-29(14-16-30)23-9-4-5-10-27-23)28-18-21-7-6-8-22(17-21)19-31-12-11-26-20(31)2;/h4-12,17H,3,13-16,18-19H2,1-2H3,(H,25,28);1H. The van der Waals surface area contributed by atoms with Crippen molar-refractivity contribution in [1.82, 2.24) is 24.8 Å². The van der Waals surface area contributed by atoms with E-state index in [1.165, 1.54) is 11.1 Å². The molecular formula is C24H32IN7. The first-order chi connectivity index (χ1) is 15.2. The first-order valence-electron chi connectivity index (χ1n) is 11.0. The molecule has 3 aromatic rings. The number of nitrogens with one attached hydrogen (secondary N) is 1. The molecule has 3 heterocycles. The topological polar surface area (TPSA) is 61.6 Å². The van der Waals surface area contributed by atoms with Crippen LogP contribution in [0.2, 0.25) is 0 Å². The van der Waals surface area contributed by atoms with Gasteiger partial charge < -0.3 is 19.7 Å².